The fourth-order valence-electron chi connectivity index (χ4n) is 3.38. The minimum atomic E-state index is -4.22. The van der Waals surface area contributed by atoms with Gasteiger partial charge in [-0.05, 0) is 71.9 Å². The van der Waals surface area contributed by atoms with Gasteiger partial charge in [-0.25, -0.2) is 0 Å². The SMILES string of the molecule is CC(=O)Nc1ccc(S(=O)(=O)Oc2ccc(/C=C3\SC(=O)N(Cc4c(Cl)cccc4Cl)C3=O)cc2Cl)cc1. The minimum Gasteiger partial charge on any atom is -0.377 e. The van der Waals surface area contributed by atoms with E-state index in [-0.39, 0.29) is 33.0 Å². The smallest absolute Gasteiger partial charge is 0.339 e. The molecule has 3 aromatic rings. The first-order valence-electron chi connectivity index (χ1n) is 10.7. The zero-order valence-electron chi connectivity index (χ0n) is 19.4. The van der Waals surface area contributed by atoms with Crippen LogP contribution in [0.5, 0.6) is 5.75 Å². The van der Waals surface area contributed by atoms with Crippen LogP contribution in [0.2, 0.25) is 15.1 Å². The van der Waals surface area contributed by atoms with E-state index in [1.807, 2.05) is 0 Å². The first-order chi connectivity index (χ1) is 17.9. The molecule has 1 heterocycles. The number of rotatable bonds is 7. The third-order valence-corrected chi connectivity index (χ3v) is 8.33. The van der Waals surface area contributed by atoms with E-state index >= 15 is 0 Å². The molecule has 196 valence electrons. The molecule has 38 heavy (non-hydrogen) atoms. The van der Waals surface area contributed by atoms with Gasteiger partial charge in [-0.2, -0.15) is 8.42 Å². The maximum atomic E-state index is 12.9. The Kier molecular flexibility index (Phi) is 8.39. The van der Waals surface area contributed by atoms with Gasteiger partial charge in [-0.1, -0.05) is 46.9 Å². The number of halogens is 3. The Labute approximate surface area is 237 Å². The number of nitrogens with zero attached hydrogens (tertiary/aromatic N) is 1. The van der Waals surface area contributed by atoms with Gasteiger partial charge in [0.25, 0.3) is 11.1 Å². The molecule has 1 aliphatic rings. The molecule has 0 aromatic heterocycles. The molecule has 13 heteroatoms. The van der Waals surface area contributed by atoms with E-state index in [2.05, 4.69) is 5.32 Å². The lowest BCUT2D eigenvalue weighted by atomic mass is 10.2. The highest BCUT2D eigenvalue weighted by molar-refractivity contribution is 8.18. The van der Waals surface area contributed by atoms with Crippen molar-refractivity contribution in [2.75, 3.05) is 5.32 Å². The van der Waals surface area contributed by atoms with Crippen LogP contribution in [-0.2, 0) is 26.3 Å². The molecular weight excluding hydrogens is 595 g/mol. The molecule has 0 radical (unpaired) electrons. The number of carbonyl (C=O) groups is 3. The average Bonchev–Trinajstić information content (AvgIpc) is 3.10. The molecule has 0 spiro atoms. The molecule has 0 atom stereocenters. The number of hydrogen-bond acceptors (Lipinski definition) is 7. The van der Waals surface area contributed by atoms with Crippen LogP contribution in [0.3, 0.4) is 0 Å². The normalized spacial score (nSPS) is 14.7. The van der Waals surface area contributed by atoms with Crippen molar-refractivity contribution >= 4 is 85.5 Å². The molecule has 0 aliphatic carbocycles. The van der Waals surface area contributed by atoms with Crippen molar-refractivity contribution in [3.63, 3.8) is 0 Å². The summed E-state index contributed by atoms with van der Waals surface area (Å²) >= 11 is 19.4. The molecule has 3 aromatic carbocycles. The maximum absolute atomic E-state index is 12.9. The topological polar surface area (TPSA) is 110 Å². The quantitative estimate of drug-likeness (QED) is 0.236. The Bertz CT molecular complexity index is 1570. The highest BCUT2D eigenvalue weighted by Gasteiger charge is 2.35. The number of amides is 3. The van der Waals surface area contributed by atoms with Gasteiger partial charge in [0.15, 0.2) is 5.75 Å². The lowest BCUT2D eigenvalue weighted by Crippen LogP contribution is -2.27. The molecule has 0 saturated carbocycles. The highest BCUT2D eigenvalue weighted by atomic mass is 35.5. The van der Waals surface area contributed by atoms with E-state index in [0.717, 1.165) is 16.7 Å². The lowest BCUT2D eigenvalue weighted by molar-refractivity contribution is -0.123. The Morgan fingerprint density at radius 2 is 1.66 bits per heavy atom. The van der Waals surface area contributed by atoms with Crippen molar-refractivity contribution in [1.82, 2.24) is 4.90 Å². The van der Waals surface area contributed by atoms with Crippen LogP contribution < -0.4 is 9.50 Å². The zero-order valence-corrected chi connectivity index (χ0v) is 23.3. The summed E-state index contributed by atoms with van der Waals surface area (Å²) in [7, 11) is -4.22. The van der Waals surface area contributed by atoms with Gasteiger partial charge in [-0.3, -0.25) is 19.3 Å². The second-order valence-corrected chi connectivity index (χ2v) is 11.7. The van der Waals surface area contributed by atoms with Crippen LogP contribution in [0.25, 0.3) is 6.08 Å². The molecule has 1 saturated heterocycles. The summed E-state index contributed by atoms with van der Waals surface area (Å²) in [6.45, 7) is 1.25. The van der Waals surface area contributed by atoms with Gasteiger partial charge >= 0.3 is 10.1 Å². The molecule has 4 rings (SSSR count). The summed E-state index contributed by atoms with van der Waals surface area (Å²) in [5.41, 5.74) is 1.33. The summed E-state index contributed by atoms with van der Waals surface area (Å²) in [6.07, 6.45) is 1.46. The third kappa shape index (κ3) is 6.33. The molecular formula is C25H17Cl3N2O6S2. The van der Waals surface area contributed by atoms with E-state index < -0.39 is 21.3 Å². The number of hydrogen-bond donors (Lipinski definition) is 1. The molecule has 1 fully saturated rings. The van der Waals surface area contributed by atoms with Crippen LogP contribution in [0.1, 0.15) is 18.1 Å². The highest BCUT2D eigenvalue weighted by Crippen LogP contribution is 2.37. The summed E-state index contributed by atoms with van der Waals surface area (Å²) in [6, 6.07) is 14.6. The zero-order chi connectivity index (χ0) is 27.6. The van der Waals surface area contributed by atoms with Crippen molar-refractivity contribution in [1.29, 1.82) is 0 Å². The first-order valence-corrected chi connectivity index (χ1v) is 14.1. The summed E-state index contributed by atoms with van der Waals surface area (Å²) in [5.74, 6) is -0.951. The van der Waals surface area contributed by atoms with Crippen LogP contribution in [0.4, 0.5) is 10.5 Å². The van der Waals surface area contributed by atoms with Gasteiger partial charge in [0, 0.05) is 28.2 Å². The van der Waals surface area contributed by atoms with Gasteiger partial charge in [0.05, 0.1) is 16.5 Å². The summed E-state index contributed by atoms with van der Waals surface area (Å²) in [5, 5.41) is 2.69. The number of nitrogens with one attached hydrogen (secondary N) is 1. The molecule has 1 N–H and O–H groups in total. The van der Waals surface area contributed by atoms with Gasteiger partial charge in [0.1, 0.15) is 4.90 Å². The molecule has 3 amide bonds. The molecule has 0 bridgehead atoms. The standard InChI is InChI=1S/C25H17Cl3N2O6S2/c1-14(31)29-16-6-8-17(9-7-16)38(34,35)36-22-10-5-15(11-21(22)28)12-23-24(32)30(25(33)37-23)13-18-19(26)3-2-4-20(18)27/h2-12H,13H2,1H3,(H,29,31)/b23-12-. The molecule has 8 nitrogen and oxygen atoms in total. The van der Waals surface area contributed by atoms with Crippen molar-refractivity contribution in [3.8, 4) is 5.75 Å². The van der Waals surface area contributed by atoms with Crippen LogP contribution >= 0.6 is 46.6 Å². The van der Waals surface area contributed by atoms with E-state index in [4.69, 9.17) is 39.0 Å². The Morgan fingerprint density at radius 1 is 1.00 bits per heavy atom. The van der Waals surface area contributed by atoms with Gasteiger partial charge in [-0.15, -0.1) is 0 Å². The molecule has 1 aliphatic heterocycles. The Morgan fingerprint density at radius 3 is 2.26 bits per heavy atom. The third-order valence-electron chi connectivity index (χ3n) is 5.17. The second kappa shape index (κ2) is 11.4. The second-order valence-electron chi connectivity index (χ2n) is 7.90. The monoisotopic (exact) mass is 610 g/mol. The van der Waals surface area contributed by atoms with Crippen LogP contribution in [-0.4, -0.2) is 30.4 Å². The minimum absolute atomic E-state index is 0.0285. The maximum Gasteiger partial charge on any atom is 0.339 e. The average molecular weight is 612 g/mol. The number of anilines is 1. The fourth-order valence-corrected chi connectivity index (χ4v) is 5.95. The van der Waals surface area contributed by atoms with E-state index in [1.165, 1.54) is 55.5 Å². The predicted octanol–water partition coefficient (Wildman–Crippen LogP) is 6.61. The van der Waals surface area contributed by atoms with Crippen molar-refractivity contribution in [2.45, 2.75) is 18.4 Å². The predicted molar refractivity (Wildman–Crippen MR) is 148 cm³/mol. The van der Waals surface area contributed by atoms with Crippen molar-refractivity contribution in [3.05, 3.63) is 91.8 Å². The van der Waals surface area contributed by atoms with E-state index in [0.29, 0.717) is 26.9 Å². The number of imide groups is 1. The van der Waals surface area contributed by atoms with Crippen LogP contribution in [0, 0.1) is 0 Å². The van der Waals surface area contributed by atoms with Crippen molar-refractivity contribution < 1.29 is 27.0 Å². The lowest BCUT2D eigenvalue weighted by Gasteiger charge is -2.14. The van der Waals surface area contributed by atoms with E-state index in [9.17, 15) is 22.8 Å². The fraction of sp³-hybridized carbons (Fsp3) is 0.0800. The Balaban J connectivity index is 1.50. The summed E-state index contributed by atoms with van der Waals surface area (Å²) in [4.78, 5) is 37.6. The first kappa shape index (κ1) is 28.0. The molecule has 0 unspecified atom stereocenters. The van der Waals surface area contributed by atoms with E-state index in [1.54, 1.807) is 18.2 Å². The number of carbonyl (C=O) groups excluding carboxylic acids is 3. The number of thioether (sulfide) groups is 1. The van der Waals surface area contributed by atoms with Crippen LogP contribution in [0.15, 0.2) is 70.5 Å². The van der Waals surface area contributed by atoms with Gasteiger partial charge < -0.3 is 9.50 Å². The van der Waals surface area contributed by atoms with Crippen molar-refractivity contribution in [2.24, 2.45) is 0 Å². The largest absolute Gasteiger partial charge is 0.377 e. The number of benzene rings is 3. The summed E-state index contributed by atoms with van der Waals surface area (Å²) < 4.78 is 30.5. The van der Waals surface area contributed by atoms with Gasteiger partial charge in [0.2, 0.25) is 5.91 Å². The Hall–Kier alpha value is -3.02.